The van der Waals surface area contributed by atoms with Crippen molar-refractivity contribution in [2.24, 2.45) is 5.73 Å². The fourth-order valence-corrected chi connectivity index (χ4v) is 2.65. The highest BCUT2D eigenvalue weighted by Crippen LogP contribution is 2.21. The predicted octanol–water partition coefficient (Wildman–Crippen LogP) is 1.89. The van der Waals surface area contributed by atoms with Crippen LogP contribution >= 0.6 is 11.8 Å². The predicted molar refractivity (Wildman–Crippen MR) is 88.2 cm³/mol. The van der Waals surface area contributed by atoms with Crippen molar-refractivity contribution in [2.45, 2.75) is 44.6 Å². The van der Waals surface area contributed by atoms with Gasteiger partial charge in [0.1, 0.15) is 5.54 Å². The van der Waals surface area contributed by atoms with Gasteiger partial charge in [0.2, 0.25) is 11.8 Å². The lowest BCUT2D eigenvalue weighted by Crippen LogP contribution is -2.57. The molecule has 122 valence electrons. The summed E-state index contributed by atoms with van der Waals surface area (Å²) >= 11 is 5.43. The fraction of sp³-hybridized carbons (Fsp3) is 0.500. The molecule has 0 fully saturated rings. The minimum Gasteiger partial charge on any atom is -0.368 e. The van der Waals surface area contributed by atoms with E-state index >= 15 is 0 Å². The number of hydrogen-bond acceptors (Lipinski definition) is 3. The monoisotopic (exact) mass is 325 g/mol. The molecular formula is C16H24ClN3O2. The molecule has 22 heavy (non-hydrogen) atoms. The Labute approximate surface area is 136 Å². The number of nitrogens with one attached hydrogen (secondary N) is 2. The summed E-state index contributed by atoms with van der Waals surface area (Å²) in [6.07, 6.45) is 3.23. The van der Waals surface area contributed by atoms with Gasteiger partial charge >= 0.3 is 0 Å². The number of hydrogen-bond donors (Lipinski definition) is 3. The van der Waals surface area contributed by atoms with Gasteiger partial charge in [0, 0.05) is 13.5 Å². The van der Waals surface area contributed by atoms with Gasteiger partial charge in [-0.1, -0.05) is 30.3 Å². The molecule has 6 heteroatoms. The maximum Gasteiger partial charge on any atom is 0.243 e. The third-order valence-electron chi connectivity index (χ3n) is 3.70. The van der Waals surface area contributed by atoms with Gasteiger partial charge in [0.15, 0.2) is 0 Å². The van der Waals surface area contributed by atoms with Gasteiger partial charge in [0.05, 0.1) is 0 Å². The molecule has 1 aromatic carbocycles. The summed E-state index contributed by atoms with van der Waals surface area (Å²) in [5.41, 5.74) is 5.71. The molecule has 1 atom stereocenters. The third-order valence-corrected chi connectivity index (χ3v) is 3.88. The molecule has 0 heterocycles. The van der Waals surface area contributed by atoms with Crippen LogP contribution < -0.4 is 15.9 Å². The van der Waals surface area contributed by atoms with E-state index < -0.39 is 11.4 Å². The Morgan fingerprint density at radius 3 is 2.41 bits per heavy atom. The topological polar surface area (TPSA) is 84.2 Å². The molecule has 1 rings (SSSR count). The van der Waals surface area contributed by atoms with E-state index in [1.807, 2.05) is 30.3 Å². The van der Waals surface area contributed by atoms with Crippen LogP contribution in [-0.2, 0) is 16.0 Å². The quantitative estimate of drug-likeness (QED) is 0.453. The minimum atomic E-state index is -1.01. The smallest absolute Gasteiger partial charge is 0.243 e. The Kier molecular flexibility index (Phi) is 7.91. The third kappa shape index (κ3) is 6.03. The Hall–Kier alpha value is -1.59. The number of aryl methyl sites for hydroxylation is 1. The number of nitrogens with two attached hydrogens (primary N) is 1. The first-order valence-electron chi connectivity index (χ1n) is 7.46. The zero-order valence-corrected chi connectivity index (χ0v) is 13.7. The maximum absolute atomic E-state index is 12.0. The number of unbranched alkanes of at least 4 members (excludes halogenated alkanes) is 1. The molecule has 1 unspecified atom stereocenters. The van der Waals surface area contributed by atoms with Crippen molar-refractivity contribution in [3.8, 4) is 0 Å². The number of carbonyl (C=O) groups excluding carboxylic acids is 2. The van der Waals surface area contributed by atoms with E-state index in [-0.39, 0.29) is 5.91 Å². The molecule has 0 saturated heterocycles. The lowest BCUT2D eigenvalue weighted by molar-refractivity contribution is -0.131. The first-order valence-corrected chi connectivity index (χ1v) is 7.84. The van der Waals surface area contributed by atoms with Crippen molar-refractivity contribution in [3.63, 3.8) is 0 Å². The summed E-state index contributed by atoms with van der Waals surface area (Å²) in [6.45, 7) is 2.05. The molecule has 0 aliphatic carbocycles. The van der Waals surface area contributed by atoms with Gasteiger partial charge in [-0.25, -0.2) is 4.84 Å². The first-order chi connectivity index (χ1) is 10.5. The van der Waals surface area contributed by atoms with Crippen molar-refractivity contribution in [1.29, 1.82) is 0 Å². The van der Waals surface area contributed by atoms with E-state index in [0.29, 0.717) is 25.8 Å². The maximum atomic E-state index is 12.0. The molecule has 0 radical (unpaired) electrons. The summed E-state index contributed by atoms with van der Waals surface area (Å²) in [5.74, 6) is -0.736. The van der Waals surface area contributed by atoms with Crippen LogP contribution in [-0.4, -0.2) is 23.9 Å². The molecule has 4 N–H and O–H groups in total. The standard InChI is InChI=1S/C16H24ClN3O2/c1-13(21)20-16(15(18)22,10-5-6-12-19-17)11-9-14-7-3-2-4-8-14/h2-4,7-8,19H,5-6,9-12H2,1H3,(H2,18,22)(H,20,21). The lowest BCUT2D eigenvalue weighted by Gasteiger charge is -2.31. The van der Waals surface area contributed by atoms with Gasteiger partial charge in [-0.2, -0.15) is 0 Å². The molecule has 0 aliphatic rings. The van der Waals surface area contributed by atoms with Crippen molar-refractivity contribution in [1.82, 2.24) is 10.2 Å². The lowest BCUT2D eigenvalue weighted by atomic mass is 9.85. The van der Waals surface area contributed by atoms with Crippen LogP contribution in [0.3, 0.4) is 0 Å². The minimum absolute atomic E-state index is 0.248. The average molecular weight is 326 g/mol. The van der Waals surface area contributed by atoms with Crippen LogP contribution in [0.2, 0.25) is 0 Å². The molecule has 2 amide bonds. The Balaban J connectivity index is 2.77. The summed E-state index contributed by atoms with van der Waals surface area (Å²) in [7, 11) is 0. The molecule has 0 aromatic heterocycles. The van der Waals surface area contributed by atoms with Crippen LogP contribution in [0, 0.1) is 0 Å². The summed E-state index contributed by atoms with van der Waals surface area (Å²) < 4.78 is 0. The van der Waals surface area contributed by atoms with Crippen LogP contribution in [0.4, 0.5) is 0 Å². The fourth-order valence-electron chi connectivity index (χ4n) is 2.52. The number of amides is 2. The van der Waals surface area contributed by atoms with Crippen LogP contribution in [0.15, 0.2) is 30.3 Å². The molecule has 0 bridgehead atoms. The highest BCUT2D eigenvalue weighted by atomic mass is 35.5. The van der Waals surface area contributed by atoms with Crippen LogP contribution in [0.1, 0.15) is 38.2 Å². The van der Waals surface area contributed by atoms with E-state index in [0.717, 1.165) is 18.4 Å². The molecule has 0 saturated carbocycles. The number of rotatable bonds is 10. The van der Waals surface area contributed by atoms with E-state index in [4.69, 9.17) is 17.5 Å². The van der Waals surface area contributed by atoms with Gasteiger partial charge in [-0.15, -0.1) is 0 Å². The Morgan fingerprint density at radius 2 is 1.86 bits per heavy atom. The highest BCUT2D eigenvalue weighted by Gasteiger charge is 2.36. The number of benzene rings is 1. The zero-order chi connectivity index (χ0) is 16.4. The van der Waals surface area contributed by atoms with Crippen molar-refractivity contribution < 1.29 is 9.59 Å². The molecule has 5 nitrogen and oxygen atoms in total. The summed E-state index contributed by atoms with van der Waals surface area (Å²) in [4.78, 5) is 26.1. The van der Waals surface area contributed by atoms with Crippen molar-refractivity contribution >= 4 is 23.6 Å². The first kappa shape index (κ1) is 18.5. The Bertz CT molecular complexity index is 482. The number of carbonyl (C=O) groups is 2. The van der Waals surface area contributed by atoms with Gasteiger partial charge in [0.25, 0.3) is 0 Å². The van der Waals surface area contributed by atoms with Crippen LogP contribution in [0.25, 0.3) is 0 Å². The number of halogens is 1. The van der Waals surface area contributed by atoms with E-state index in [1.54, 1.807) is 0 Å². The molecule has 1 aromatic rings. The SMILES string of the molecule is CC(=O)NC(CCCCNCl)(CCc1ccccc1)C(N)=O. The number of primary amides is 1. The van der Waals surface area contributed by atoms with Crippen molar-refractivity contribution in [2.75, 3.05) is 6.54 Å². The zero-order valence-electron chi connectivity index (χ0n) is 12.9. The normalized spacial score (nSPS) is 13.4. The summed E-state index contributed by atoms with van der Waals surface area (Å²) in [5, 5.41) is 2.77. The van der Waals surface area contributed by atoms with Gasteiger partial charge in [-0.3, -0.25) is 9.59 Å². The molecular weight excluding hydrogens is 302 g/mol. The van der Waals surface area contributed by atoms with Gasteiger partial charge in [-0.05, 0) is 49.4 Å². The van der Waals surface area contributed by atoms with E-state index in [9.17, 15) is 9.59 Å². The second-order valence-corrected chi connectivity index (χ2v) is 5.72. The average Bonchev–Trinajstić information content (AvgIpc) is 2.49. The Morgan fingerprint density at radius 1 is 1.18 bits per heavy atom. The largest absolute Gasteiger partial charge is 0.368 e. The van der Waals surface area contributed by atoms with E-state index in [2.05, 4.69) is 10.2 Å². The van der Waals surface area contributed by atoms with Gasteiger partial charge < -0.3 is 11.1 Å². The second kappa shape index (κ2) is 9.43. The molecule has 0 spiro atoms. The molecule has 0 aliphatic heterocycles. The second-order valence-electron chi connectivity index (χ2n) is 5.45. The van der Waals surface area contributed by atoms with Crippen molar-refractivity contribution in [3.05, 3.63) is 35.9 Å². The summed E-state index contributed by atoms with van der Waals surface area (Å²) in [6, 6.07) is 9.84. The van der Waals surface area contributed by atoms with Crippen LogP contribution in [0.5, 0.6) is 0 Å². The highest BCUT2D eigenvalue weighted by molar-refractivity contribution is 6.13. The van der Waals surface area contributed by atoms with E-state index in [1.165, 1.54) is 6.92 Å².